The summed E-state index contributed by atoms with van der Waals surface area (Å²) in [4.78, 5) is 10.4. The predicted molar refractivity (Wildman–Crippen MR) is 26.4 cm³/mol. The van der Waals surface area contributed by atoms with E-state index in [0.29, 0.717) is 6.42 Å². The van der Waals surface area contributed by atoms with Gasteiger partial charge in [0, 0.05) is 0 Å². The minimum Gasteiger partial charge on any atom is -0.469 e. The Morgan fingerprint density at radius 1 is 2.00 bits per heavy atom. The van der Waals surface area contributed by atoms with Crippen LogP contribution in [0.3, 0.4) is 0 Å². The first-order chi connectivity index (χ1) is 3.83. The van der Waals surface area contributed by atoms with Crippen LogP contribution in [0.4, 0.5) is 0 Å². The number of methoxy groups -OCH3 is 1. The summed E-state index contributed by atoms with van der Waals surface area (Å²) in [7, 11) is 1.38. The quantitative estimate of drug-likeness (QED) is 0.375. The highest BCUT2D eigenvalue weighted by Crippen LogP contribution is 2.13. The lowest BCUT2D eigenvalue weighted by atomic mass is 10.3. The van der Waals surface area contributed by atoms with Gasteiger partial charge in [-0.2, -0.15) is 0 Å². The molecule has 0 aromatic rings. The minimum absolute atomic E-state index is 0.155. The molecule has 0 bridgehead atoms. The van der Waals surface area contributed by atoms with Crippen molar-refractivity contribution in [3.05, 3.63) is 0 Å². The molecule has 0 amide bonds. The molecule has 1 heterocycles. The molecule has 3 heteroatoms. The van der Waals surface area contributed by atoms with Crippen LogP contribution in [0.5, 0.6) is 0 Å². The molecule has 1 rings (SSSR count). The number of hydrogen-bond acceptors (Lipinski definition) is 3. The summed E-state index contributed by atoms with van der Waals surface area (Å²) < 4.78 is 9.16. The van der Waals surface area contributed by atoms with Gasteiger partial charge in [-0.15, -0.1) is 0 Å². The molecular weight excluding hydrogens is 108 g/mol. The zero-order valence-corrected chi connectivity index (χ0v) is 4.72. The highest BCUT2D eigenvalue weighted by Gasteiger charge is 2.25. The number of hydrogen-bond donors (Lipinski definition) is 0. The van der Waals surface area contributed by atoms with E-state index in [1.165, 1.54) is 7.11 Å². The Hall–Kier alpha value is -0.570. The van der Waals surface area contributed by atoms with Gasteiger partial charge in [-0.1, -0.05) is 0 Å². The van der Waals surface area contributed by atoms with E-state index >= 15 is 0 Å². The highest BCUT2D eigenvalue weighted by molar-refractivity contribution is 5.70. The molecule has 0 unspecified atom stereocenters. The second-order valence-corrected chi connectivity index (χ2v) is 1.74. The third-order valence-corrected chi connectivity index (χ3v) is 1.02. The van der Waals surface area contributed by atoms with Crippen molar-refractivity contribution in [3.8, 4) is 0 Å². The van der Waals surface area contributed by atoms with Gasteiger partial charge in [0.15, 0.2) is 0 Å². The predicted octanol–water partition coefficient (Wildman–Crippen LogP) is -0.0517. The van der Waals surface area contributed by atoms with Gasteiger partial charge in [-0.05, 0) is 0 Å². The Morgan fingerprint density at radius 3 is 3.00 bits per heavy atom. The maximum absolute atomic E-state index is 10.4. The number of carbonyl (C=O) groups is 1. The first kappa shape index (κ1) is 5.56. The number of carbonyl (C=O) groups excluding carboxylic acids is 1. The van der Waals surface area contributed by atoms with Crippen molar-refractivity contribution in [2.75, 3.05) is 13.7 Å². The van der Waals surface area contributed by atoms with Crippen LogP contribution in [0.1, 0.15) is 6.42 Å². The van der Waals surface area contributed by atoms with E-state index in [9.17, 15) is 4.79 Å². The van der Waals surface area contributed by atoms with Gasteiger partial charge >= 0.3 is 5.97 Å². The topological polar surface area (TPSA) is 38.8 Å². The average molecular weight is 116 g/mol. The fourth-order valence-corrected chi connectivity index (χ4v) is 0.455. The molecule has 0 aliphatic carbocycles. The Labute approximate surface area is 47.6 Å². The molecule has 1 atom stereocenters. The van der Waals surface area contributed by atoms with Crippen LogP contribution in [0.25, 0.3) is 0 Å². The van der Waals surface area contributed by atoms with Gasteiger partial charge in [0.05, 0.1) is 26.2 Å². The first-order valence-corrected chi connectivity index (χ1v) is 2.51. The van der Waals surface area contributed by atoms with Crippen LogP contribution in [-0.2, 0) is 14.3 Å². The van der Waals surface area contributed by atoms with Gasteiger partial charge in [0.25, 0.3) is 0 Å². The standard InChI is InChI=1S/C5H8O3/c1-7-5(6)2-4-3-8-4/h4H,2-3H2,1H3/t4-/m0/s1. The van der Waals surface area contributed by atoms with Crippen LogP contribution < -0.4 is 0 Å². The van der Waals surface area contributed by atoms with Crippen LogP contribution in [0.2, 0.25) is 0 Å². The molecule has 0 aromatic heterocycles. The van der Waals surface area contributed by atoms with Crippen LogP contribution >= 0.6 is 0 Å². The number of esters is 1. The molecule has 0 spiro atoms. The molecule has 0 aromatic carbocycles. The Bertz CT molecular complexity index is 95.8. The summed E-state index contributed by atoms with van der Waals surface area (Å²) in [5.41, 5.74) is 0. The van der Waals surface area contributed by atoms with E-state index in [-0.39, 0.29) is 12.1 Å². The Kier molecular flexibility index (Phi) is 1.48. The molecule has 0 saturated carbocycles. The Morgan fingerprint density at radius 2 is 2.62 bits per heavy atom. The summed E-state index contributed by atoms with van der Waals surface area (Å²) in [6.07, 6.45) is 0.568. The van der Waals surface area contributed by atoms with Crippen LogP contribution in [-0.4, -0.2) is 25.8 Å². The largest absolute Gasteiger partial charge is 0.469 e. The zero-order valence-electron chi connectivity index (χ0n) is 4.72. The summed E-state index contributed by atoms with van der Waals surface area (Å²) in [5, 5.41) is 0. The van der Waals surface area contributed by atoms with Crippen LogP contribution in [0.15, 0.2) is 0 Å². The lowest BCUT2D eigenvalue weighted by molar-refractivity contribution is -0.140. The van der Waals surface area contributed by atoms with Crippen molar-refractivity contribution < 1.29 is 14.3 Å². The summed E-state index contributed by atoms with van der Waals surface area (Å²) in [6.45, 7) is 0.717. The monoisotopic (exact) mass is 116 g/mol. The summed E-state index contributed by atoms with van der Waals surface area (Å²) >= 11 is 0. The Balaban J connectivity index is 2.07. The van der Waals surface area contributed by atoms with Gasteiger partial charge in [-0.25, -0.2) is 0 Å². The van der Waals surface area contributed by atoms with Crippen molar-refractivity contribution in [2.24, 2.45) is 0 Å². The van der Waals surface area contributed by atoms with E-state index in [2.05, 4.69) is 4.74 Å². The average Bonchev–Trinajstić information content (AvgIpc) is 2.50. The third kappa shape index (κ3) is 1.50. The summed E-state index contributed by atoms with van der Waals surface area (Å²) in [5.74, 6) is -0.187. The normalized spacial score (nSPS) is 24.9. The molecule has 0 radical (unpaired) electrons. The van der Waals surface area contributed by atoms with Gasteiger partial charge in [-0.3, -0.25) is 4.79 Å². The summed E-state index contributed by atoms with van der Waals surface area (Å²) in [6, 6.07) is 0. The first-order valence-electron chi connectivity index (χ1n) is 2.51. The van der Waals surface area contributed by atoms with Gasteiger partial charge < -0.3 is 9.47 Å². The molecule has 3 nitrogen and oxygen atoms in total. The highest BCUT2D eigenvalue weighted by atomic mass is 16.6. The lowest BCUT2D eigenvalue weighted by Crippen LogP contribution is -2.03. The lowest BCUT2D eigenvalue weighted by Gasteiger charge is -1.91. The molecule has 1 saturated heterocycles. The molecule has 1 aliphatic heterocycles. The van der Waals surface area contributed by atoms with E-state index in [1.54, 1.807) is 0 Å². The molecule has 1 aliphatic rings. The molecule has 46 valence electrons. The smallest absolute Gasteiger partial charge is 0.308 e. The molecule has 0 N–H and O–H groups in total. The van der Waals surface area contributed by atoms with E-state index in [0.717, 1.165) is 6.61 Å². The van der Waals surface area contributed by atoms with E-state index in [4.69, 9.17) is 4.74 Å². The zero-order chi connectivity index (χ0) is 5.98. The van der Waals surface area contributed by atoms with Crippen molar-refractivity contribution in [1.29, 1.82) is 0 Å². The molecule has 1 fully saturated rings. The molecule has 8 heavy (non-hydrogen) atoms. The maximum atomic E-state index is 10.4. The van der Waals surface area contributed by atoms with Crippen molar-refractivity contribution in [2.45, 2.75) is 12.5 Å². The van der Waals surface area contributed by atoms with Crippen molar-refractivity contribution >= 4 is 5.97 Å². The maximum Gasteiger partial charge on any atom is 0.308 e. The minimum atomic E-state index is -0.187. The second-order valence-electron chi connectivity index (χ2n) is 1.74. The fraction of sp³-hybridized carbons (Fsp3) is 0.800. The van der Waals surface area contributed by atoms with Gasteiger partial charge in [0.2, 0.25) is 0 Å². The fourth-order valence-electron chi connectivity index (χ4n) is 0.455. The number of rotatable bonds is 2. The number of ether oxygens (including phenoxy) is 2. The third-order valence-electron chi connectivity index (χ3n) is 1.02. The van der Waals surface area contributed by atoms with E-state index < -0.39 is 0 Å². The van der Waals surface area contributed by atoms with Crippen LogP contribution in [0, 0.1) is 0 Å². The van der Waals surface area contributed by atoms with E-state index in [1.807, 2.05) is 0 Å². The molecular formula is C5H8O3. The second kappa shape index (κ2) is 2.13. The van der Waals surface area contributed by atoms with Crippen molar-refractivity contribution in [1.82, 2.24) is 0 Å². The van der Waals surface area contributed by atoms with Gasteiger partial charge in [0.1, 0.15) is 0 Å². The SMILES string of the molecule is COC(=O)C[C@H]1CO1. The number of epoxide rings is 1. The van der Waals surface area contributed by atoms with Crippen molar-refractivity contribution in [3.63, 3.8) is 0 Å².